The number of hydrogen-bond donors (Lipinski definition) is 1. The lowest BCUT2D eigenvalue weighted by Gasteiger charge is -2.53. The van der Waals surface area contributed by atoms with Gasteiger partial charge >= 0.3 is 0 Å². The minimum absolute atomic E-state index is 0.354. The molecule has 1 aliphatic heterocycles. The van der Waals surface area contributed by atoms with Gasteiger partial charge in [-0.25, -0.2) is 0 Å². The minimum Gasteiger partial charge on any atom is -0.329 e. The standard InChI is InChI=1S/C15H28N2/c1-11-5-6-15(10-16,12(2)7-11)17-9-13-3-4-14(17)8-13/h11-14H,3-10,16H2,1-2H3. The number of piperidine rings is 1. The van der Waals surface area contributed by atoms with Crippen LogP contribution in [-0.4, -0.2) is 29.6 Å². The van der Waals surface area contributed by atoms with Gasteiger partial charge in [-0.15, -0.1) is 0 Å². The Bertz CT molecular complexity index is 291. The summed E-state index contributed by atoms with van der Waals surface area (Å²) < 4.78 is 0. The highest BCUT2D eigenvalue weighted by molar-refractivity contribution is 5.06. The molecular formula is C15H28N2. The third-order valence-electron chi connectivity index (χ3n) is 6.08. The van der Waals surface area contributed by atoms with Crippen molar-refractivity contribution in [1.29, 1.82) is 0 Å². The Morgan fingerprint density at radius 1 is 1.18 bits per heavy atom. The van der Waals surface area contributed by atoms with E-state index in [4.69, 9.17) is 5.73 Å². The van der Waals surface area contributed by atoms with Crippen LogP contribution in [0.25, 0.3) is 0 Å². The van der Waals surface area contributed by atoms with E-state index < -0.39 is 0 Å². The lowest BCUT2D eigenvalue weighted by molar-refractivity contribution is -0.0200. The average Bonchev–Trinajstić information content (AvgIpc) is 2.92. The van der Waals surface area contributed by atoms with Crippen molar-refractivity contribution in [2.75, 3.05) is 13.1 Å². The Balaban J connectivity index is 1.82. The maximum Gasteiger partial charge on any atom is 0.0360 e. The van der Waals surface area contributed by atoms with Gasteiger partial charge in [0, 0.05) is 24.7 Å². The molecule has 0 spiro atoms. The summed E-state index contributed by atoms with van der Waals surface area (Å²) in [5.41, 5.74) is 6.60. The second-order valence-corrected chi connectivity index (χ2v) is 7.07. The SMILES string of the molecule is CC1CCC(CN)(N2CC3CCC2C3)C(C)C1. The largest absolute Gasteiger partial charge is 0.329 e. The van der Waals surface area contributed by atoms with Crippen molar-refractivity contribution in [3.05, 3.63) is 0 Å². The molecule has 2 bridgehead atoms. The number of hydrogen-bond acceptors (Lipinski definition) is 2. The van der Waals surface area contributed by atoms with Crippen molar-refractivity contribution in [2.45, 2.75) is 64.0 Å². The zero-order valence-electron chi connectivity index (χ0n) is 11.5. The molecule has 98 valence electrons. The molecule has 5 unspecified atom stereocenters. The van der Waals surface area contributed by atoms with E-state index >= 15 is 0 Å². The molecule has 2 nitrogen and oxygen atoms in total. The van der Waals surface area contributed by atoms with Crippen LogP contribution in [0.4, 0.5) is 0 Å². The van der Waals surface area contributed by atoms with Crippen molar-refractivity contribution >= 4 is 0 Å². The first-order chi connectivity index (χ1) is 8.15. The van der Waals surface area contributed by atoms with E-state index in [0.717, 1.165) is 30.3 Å². The van der Waals surface area contributed by atoms with Gasteiger partial charge in [0.05, 0.1) is 0 Å². The van der Waals surface area contributed by atoms with Crippen LogP contribution < -0.4 is 5.73 Å². The molecule has 0 aromatic carbocycles. The summed E-state index contributed by atoms with van der Waals surface area (Å²) in [5, 5.41) is 0. The fourth-order valence-electron chi connectivity index (χ4n) is 5.00. The van der Waals surface area contributed by atoms with E-state index in [-0.39, 0.29) is 0 Å². The fourth-order valence-corrected chi connectivity index (χ4v) is 5.00. The molecule has 1 saturated heterocycles. The second-order valence-electron chi connectivity index (χ2n) is 7.07. The molecule has 0 radical (unpaired) electrons. The zero-order valence-corrected chi connectivity index (χ0v) is 11.5. The first kappa shape index (κ1) is 12.0. The molecule has 2 N–H and O–H groups in total. The highest BCUT2D eigenvalue weighted by Crippen LogP contribution is 2.48. The van der Waals surface area contributed by atoms with Gasteiger partial charge in [-0.05, 0) is 56.3 Å². The second kappa shape index (κ2) is 4.24. The smallest absolute Gasteiger partial charge is 0.0360 e. The highest BCUT2D eigenvalue weighted by atomic mass is 15.3. The van der Waals surface area contributed by atoms with Crippen LogP contribution >= 0.6 is 0 Å². The van der Waals surface area contributed by atoms with E-state index in [1.165, 1.54) is 45.1 Å². The Labute approximate surface area is 106 Å². The molecule has 3 aliphatic rings. The maximum absolute atomic E-state index is 6.24. The minimum atomic E-state index is 0.354. The van der Waals surface area contributed by atoms with Crippen LogP contribution in [0.5, 0.6) is 0 Å². The van der Waals surface area contributed by atoms with E-state index in [1.807, 2.05) is 0 Å². The number of likely N-dealkylation sites (tertiary alicyclic amines) is 1. The van der Waals surface area contributed by atoms with Gasteiger partial charge < -0.3 is 5.73 Å². The summed E-state index contributed by atoms with van der Waals surface area (Å²) in [6.45, 7) is 7.09. The van der Waals surface area contributed by atoms with Crippen molar-refractivity contribution in [3.8, 4) is 0 Å². The van der Waals surface area contributed by atoms with Crippen LogP contribution in [0.1, 0.15) is 52.4 Å². The van der Waals surface area contributed by atoms with E-state index in [9.17, 15) is 0 Å². The Hall–Kier alpha value is -0.0800. The van der Waals surface area contributed by atoms with E-state index in [0.29, 0.717) is 5.54 Å². The van der Waals surface area contributed by atoms with Crippen LogP contribution in [0.2, 0.25) is 0 Å². The monoisotopic (exact) mass is 236 g/mol. The molecule has 3 rings (SSSR count). The average molecular weight is 236 g/mol. The quantitative estimate of drug-likeness (QED) is 0.798. The molecule has 2 heteroatoms. The summed E-state index contributed by atoms with van der Waals surface area (Å²) >= 11 is 0. The van der Waals surface area contributed by atoms with Crippen LogP contribution in [0.15, 0.2) is 0 Å². The van der Waals surface area contributed by atoms with E-state index in [1.54, 1.807) is 0 Å². The summed E-state index contributed by atoms with van der Waals surface area (Å²) in [4.78, 5) is 2.84. The summed E-state index contributed by atoms with van der Waals surface area (Å²) in [6.07, 6.45) is 8.49. The summed E-state index contributed by atoms with van der Waals surface area (Å²) in [5.74, 6) is 2.69. The lowest BCUT2D eigenvalue weighted by atomic mass is 9.68. The molecule has 0 amide bonds. The Kier molecular flexibility index (Phi) is 2.99. The zero-order chi connectivity index (χ0) is 12.0. The van der Waals surface area contributed by atoms with Crippen molar-refractivity contribution in [1.82, 2.24) is 4.90 Å². The van der Waals surface area contributed by atoms with Gasteiger partial charge in [-0.3, -0.25) is 4.90 Å². The third kappa shape index (κ3) is 1.76. The lowest BCUT2D eigenvalue weighted by Crippen LogP contribution is -2.62. The maximum atomic E-state index is 6.24. The number of rotatable bonds is 2. The molecule has 17 heavy (non-hydrogen) atoms. The molecular weight excluding hydrogens is 208 g/mol. The van der Waals surface area contributed by atoms with Crippen molar-refractivity contribution in [3.63, 3.8) is 0 Å². The topological polar surface area (TPSA) is 29.3 Å². The number of fused-ring (bicyclic) bond motifs is 2. The molecule has 0 aromatic heterocycles. The highest BCUT2D eigenvalue weighted by Gasteiger charge is 2.51. The molecule has 2 aliphatic carbocycles. The fraction of sp³-hybridized carbons (Fsp3) is 1.00. The molecule has 0 aromatic rings. The molecule has 3 fully saturated rings. The normalized spacial score (nSPS) is 51.0. The van der Waals surface area contributed by atoms with Gasteiger partial charge in [-0.1, -0.05) is 13.8 Å². The summed E-state index contributed by atoms with van der Waals surface area (Å²) in [7, 11) is 0. The van der Waals surface area contributed by atoms with Crippen LogP contribution in [0, 0.1) is 17.8 Å². The first-order valence-corrected chi connectivity index (χ1v) is 7.62. The van der Waals surface area contributed by atoms with Gasteiger partial charge in [0.1, 0.15) is 0 Å². The molecule has 2 saturated carbocycles. The van der Waals surface area contributed by atoms with Gasteiger partial charge in [0.2, 0.25) is 0 Å². The Morgan fingerprint density at radius 2 is 2.00 bits per heavy atom. The van der Waals surface area contributed by atoms with E-state index in [2.05, 4.69) is 18.7 Å². The first-order valence-electron chi connectivity index (χ1n) is 7.62. The van der Waals surface area contributed by atoms with Crippen molar-refractivity contribution < 1.29 is 0 Å². The predicted molar refractivity (Wildman–Crippen MR) is 71.8 cm³/mol. The van der Waals surface area contributed by atoms with Crippen LogP contribution in [-0.2, 0) is 0 Å². The number of nitrogens with zero attached hydrogens (tertiary/aromatic N) is 1. The molecule has 1 heterocycles. The Morgan fingerprint density at radius 3 is 2.53 bits per heavy atom. The molecule has 5 atom stereocenters. The van der Waals surface area contributed by atoms with Crippen LogP contribution in [0.3, 0.4) is 0 Å². The van der Waals surface area contributed by atoms with Gasteiger partial charge in [0.15, 0.2) is 0 Å². The van der Waals surface area contributed by atoms with Gasteiger partial charge in [-0.2, -0.15) is 0 Å². The third-order valence-corrected chi connectivity index (χ3v) is 6.08. The number of nitrogens with two attached hydrogens (primary N) is 1. The predicted octanol–water partition coefficient (Wildman–Crippen LogP) is 2.62. The van der Waals surface area contributed by atoms with Crippen molar-refractivity contribution in [2.24, 2.45) is 23.5 Å². The summed E-state index contributed by atoms with van der Waals surface area (Å²) in [6, 6.07) is 0.874. The van der Waals surface area contributed by atoms with Gasteiger partial charge in [0.25, 0.3) is 0 Å².